The van der Waals surface area contributed by atoms with E-state index in [1.165, 1.54) is 11.6 Å². The molecule has 23 heavy (non-hydrogen) atoms. The van der Waals surface area contributed by atoms with E-state index in [9.17, 15) is 9.59 Å². The van der Waals surface area contributed by atoms with Gasteiger partial charge in [0.25, 0.3) is 5.56 Å². The largest absolute Gasteiger partial charge is 0.355 e. The predicted molar refractivity (Wildman–Crippen MR) is 91.2 cm³/mol. The van der Waals surface area contributed by atoms with Crippen LogP contribution >= 0.6 is 0 Å². The van der Waals surface area contributed by atoms with Gasteiger partial charge < -0.3 is 9.80 Å². The maximum atomic E-state index is 12.6. The average molecular weight is 314 g/mol. The summed E-state index contributed by atoms with van der Waals surface area (Å²) in [5.41, 5.74) is 0.521. The van der Waals surface area contributed by atoms with Gasteiger partial charge in [0, 0.05) is 39.3 Å². The minimum Gasteiger partial charge on any atom is -0.355 e. The molecule has 0 aliphatic carbocycles. The Kier molecular flexibility index (Phi) is 4.34. The quantitative estimate of drug-likeness (QED) is 0.820. The van der Waals surface area contributed by atoms with E-state index in [1.54, 1.807) is 10.6 Å². The van der Waals surface area contributed by atoms with E-state index in [2.05, 4.69) is 16.8 Å². The third kappa shape index (κ3) is 3.22. The summed E-state index contributed by atoms with van der Waals surface area (Å²) in [4.78, 5) is 29.1. The van der Waals surface area contributed by atoms with Crippen molar-refractivity contribution in [2.45, 2.75) is 6.54 Å². The molecule has 1 saturated heterocycles. The van der Waals surface area contributed by atoms with Crippen molar-refractivity contribution in [3.63, 3.8) is 0 Å². The molecule has 0 bridgehead atoms. The van der Waals surface area contributed by atoms with E-state index < -0.39 is 0 Å². The van der Waals surface area contributed by atoms with E-state index in [0.29, 0.717) is 6.54 Å². The van der Waals surface area contributed by atoms with E-state index in [0.717, 1.165) is 37.6 Å². The van der Waals surface area contributed by atoms with Crippen LogP contribution in [0.2, 0.25) is 0 Å². The molecule has 0 N–H and O–H groups in total. The molecule has 2 heterocycles. The average Bonchev–Trinajstić information content (AvgIpc) is 2.57. The standard InChI is InChI=1S/C17H22N4O2/c1-18-8-10-20(11-9-18)15-12-16(22)19(2)17(23)21(15)13-14-6-4-3-5-7-14/h3-7,12H,8-11,13H2,1-2H3. The van der Waals surface area contributed by atoms with Crippen molar-refractivity contribution < 1.29 is 0 Å². The van der Waals surface area contributed by atoms with Gasteiger partial charge >= 0.3 is 5.69 Å². The molecule has 0 spiro atoms. The maximum absolute atomic E-state index is 12.6. The van der Waals surface area contributed by atoms with Gasteiger partial charge in [-0.1, -0.05) is 30.3 Å². The van der Waals surface area contributed by atoms with Gasteiger partial charge in [-0.05, 0) is 12.6 Å². The number of hydrogen-bond acceptors (Lipinski definition) is 4. The minimum atomic E-state index is -0.268. The lowest BCUT2D eigenvalue weighted by Crippen LogP contribution is -2.48. The topological polar surface area (TPSA) is 50.5 Å². The van der Waals surface area contributed by atoms with Crippen molar-refractivity contribution in [3.8, 4) is 0 Å². The number of aromatic nitrogens is 2. The summed E-state index contributed by atoms with van der Waals surface area (Å²) < 4.78 is 2.87. The van der Waals surface area contributed by atoms with Crippen molar-refractivity contribution in [1.29, 1.82) is 0 Å². The van der Waals surface area contributed by atoms with Crippen LogP contribution in [0.1, 0.15) is 5.56 Å². The third-order valence-electron chi connectivity index (χ3n) is 4.39. The van der Waals surface area contributed by atoms with Crippen LogP contribution in [0.25, 0.3) is 0 Å². The number of nitrogens with zero attached hydrogens (tertiary/aromatic N) is 4. The van der Waals surface area contributed by atoms with E-state index in [1.807, 2.05) is 30.3 Å². The highest BCUT2D eigenvalue weighted by molar-refractivity contribution is 5.40. The van der Waals surface area contributed by atoms with Crippen LogP contribution in [-0.4, -0.2) is 47.3 Å². The van der Waals surface area contributed by atoms with Gasteiger partial charge in [0.05, 0.1) is 6.54 Å². The van der Waals surface area contributed by atoms with Crippen molar-refractivity contribution >= 4 is 5.82 Å². The Morgan fingerprint density at radius 2 is 1.61 bits per heavy atom. The summed E-state index contributed by atoms with van der Waals surface area (Å²) in [5, 5.41) is 0. The summed E-state index contributed by atoms with van der Waals surface area (Å²) in [6, 6.07) is 11.4. The molecular weight excluding hydrogens is 292 g/mol. The first kappa shape index (κ1) is 15.6. The Hall–Kier alpha value is -2.34. The highest BCUT2D eigenvalue weighted by atomic mass is 16.2. The molecule has 122 valence electrons. The van der Waals surface area contributed by atoms with Crippen LogP contribution in [0.15, 0.2) is 46.0 Å². The molecule has 1 aliphatic heterocycles. The Labute approximate surface area is 135 Å². The zero-order valence-electron chi connectivity index (χ0n) is 13.6. The number of hydrogen-bond donors (Lipinski definition) is 0. The molecule has 0 atom stereocenters. The normalized spacial score (nSPS) is 15.8. The highest BCUT2D eigenvalue weighted by Crippen LogP contribution is 2.14. The first-order valence-corrected chi connectivity index (χ1v) is 7.84. The lowest BCUT2D eigenvalue weighted by atomic mass is 10.2. The summed E-state index contributed by atoms with van der Waals surface area (Å²) >= 11 is 0. The number of anilines is 1. The summed E-state index contributed by atoms with van der Waals surface area (Å²) in [6.07, 6.45) is 0. The lowest BCUT2D eigenvalue weighted by Gasteiger charge is -2.35. The minimum absolute atomic E-state index is 0.256. The first-order valence-electron chi connectivity index (χ1n) is 7.84. The SMILES string of the molecule is CN1CCN(c2cc(=O)n(C)c(=O)n2Cc2ccccc2)CC1. The Balaban J connectivity index is 2.04. The van der Waals surface area contributed by atoms with Gasteiger partial charge in [0.15, 0.2) is 0 Å². The number of piperazine rings is 1. The summed E-state index contributed by atoms with van der Waals surface area (Å²) in [7, 11) is 3.61. The molecule has 6 nitrogen and oxygen atoms in total. The molecule has 1 aromatic heterocycles. The molecular formula is C17H22N4O2. The van der Waals surface area contributed by atoms with Crippen LogP contribution in [0.5, 0.6) is 0 Å². The second-order valence-corrected chi connectivity index (χ2v) is 6.04. The Morgan fingerprint density at radius 1 is 0.957 bits per heavy atom. The Morgan fingerprint density at radius 3 is 2.26 bits per heavy atom. The summed E-state index contributed by atoms with van der Waals surface area (Å²) in [6.45, 7) is 3.95. The van der Waals surface area contributed by atoms with Crippen molar-refractivity contribution in [3.05, 3.63) is 62.8 Å². The maximum Gasteiger partial charge on any atom is 0.332 e. The third-order valence-corrected chi connectivity index (χ3v) is 4.39. The first-order chi connectivity index (χ1) is 11.1. The van der Waals surface area contributed by atoms with Crippen molar-refractivity contribution in [2.24, 2.45) is 7.05 Å². The van der Waals surface area contributed by atoms with Crippen molar-refractivity contribution in [1.82, 2.24) is 14.0 Å². The fraction of sp³-hybridized carbons (Fsp3) is 0.412. The molecule has 0 saturated carbocycles. The predicted octanol–water partition coefficient (Wildman–Crippen LogP) is 0.347. The van der Waals surface area contributed by atoms with Crippen LogP contribution < -0.4 is 16.1 Å². The van der Waals surface area contributed by atoms with Gasteiger partial charge in [-0.3, -0.25) is 13.9 Å². The summed E-state index contributed by atoms with van der Waals surface area (Å²) in [5.74, 6) is 0.718. The van der Waals surface area contributed by atoms with Gasteiger partial charge in [0.2, 0.25) is 0 Å². The zero-order chi connectivity index (χ0) is 16.4. The van der Waals surface area contributed by atoms with E-state index in [-0.39, 0.29) is 11.2 Å². The fourth-order valence-corrected chi connectivity index (χ4v) is 2.87. The molecule has 3 rings (SSSR count). The number of rotatable bonds is 3. The molecule has 6 heteroatoms. The highest BCUT2D eigenvalue weighted by Gasteiger charge is 2.19. The van der Waals surface area contributed by atoms with Gasteiger partial charge in [-0.15, -0.1) is 0 Å². The van der Waals surface area contributed by atoms with Crippen LogP contribution in [-0.2, 0) is 13.6 Å². The molecule has 1 fully saturated rings. The molecule has 0 amide bonds. The van der Waals surface area contributed by atoms with E-state index in [4.69, 9.17) is 0 Å². The molecule has 1 aliphatic rings. The van der Waals surface area contributed by atoms with Crippen LogP contribution in [0, 0.1) is 0 Å². The second kappa shape index (κ2) is 6.42. The number of benzene rings is 1. The van der Waals surface area contributed by atoms with Gasteiger partial charge in [0.1, 0.15) is 5.82 Å². The van der Waals surface area contributed by atoms with Gasteiger partial charge in [-0.25, -0.2) is 4.79 Å². The second-order valence-electron chi connectivity index (χ2n) is 6.04. The molecule has 0 unspecified atom stereocenters. The molecule has 2 aromatic rings. The van der Waals surface area contributed by atoms with Crippen LogP contribution in [0.4, 0.5) is 5.82 Å². The number of likely N-dealkylation sites (N-methyl/N-ethyl adjacent to an activating group) is 1. The monoisotopic (exact) mass is 314 g/mol. The van der Waals surface area contributed by atoms with Crippen LogP contribution in [0.3, 0.4) is 0 Å². The lowest BCUT2D eigenvalue weighted by molar-refractivity contribution is 0.310. The molecule has 0 radical (unpaired) electrons. The molecule has 1 aromatic carbocycles. The Bertz CT molecular complexity index is 786. The van der Waals surface area contributed by atoms with Crippen molar-refractivity contribution in [2.75, 3.05) is 38.1 Å². The van der Waals surface area contributed by atoms with E-state index >= 15 is 0 Å². The fourth-order valence-electron chi connectivity index (χ4n) is 2.87. The van der Waals surface area contributed by atoms with Gasteiger partial charge in [-0.2, -0.15) is 0 Å². The smallest absolute Gasteiger partial charge is 0.332 e. The zero-order valence-corrected chi connectivity index (χ0v) is 13.6.